The number of hydrogen-bond donors (Lipinski definition) is 1. The topological polar surface area (TPSA) is 71.0 Å². The lowest BCUT2D eigenvalue weighted by Gasteiger charge is -2.29. The van der Waals surface area contributed by atoms with Crippen molar-refractivity contribution in [3.05, 3.63) is 78.9 Å². The number of pyridine rings is 1. The van der Waals surface area contributed by atoms with Gasteiger partial charge in [0.2, 0.25) is 5.91 Å². The average molecular weight is 426 g/mol. The molecule has 1 aliphatic heterocycles. The molecule has 1 aromatic carbocycles. The van der Waals surface area contributed by atoms with Crippen molar-refractivity contribution < 1.29 is 4.79 Å². The molecule has 32 heavy (non-hydrogen) atoms. The zero-order chi connectivity index (χ0) is 21.8. The Morgan fingerprint density at radius 2 is 1.84 bits per heavy atom. The molecule has 1 fully saturated rings. The monoisotopic (exact) mass is 425 g/mol. The Balaban J connectivity index is 1.49. The third-order valence-corrected chi connectivity index (χ3v) is 6.22. The third kappa shape index (κ3) is 4.40. The van der Waals surface area contributed by atoms with Crippen LogP contribution in [0, 0.1) is 5.92 Å². The van der Waals surface area contributed by atoms with Crippen LogP contribution >= 0.6 is 0 Å². The summed E-state index contributed by atoms with van der Waals surface area (Å²) in [6, 6.07) is 15.8. The lowest BCUT2D eigenvalue weighted by molar-refractivity contribution is -0.136. The number of nitrogens with zero attached hydrogens (tertiary/aromatic N) is 4. The molecule has 1 saturated heterocycles. The van der Waals surface area contributed by atoms with E-state index in [2.05, 4.69) is 22.5 Å². The molecule has 6 nitrogen and oxygen atoms in total. The molecular formula is C26H27N5O. The summed E-state index contributed by atoms with van der Waals surface area (Å²) in [5, 5.41) is 3.41. The molecule has 0 bridgehead atoms. The van der Waals surface area contributed by atoms with Crippen LogP contribution < -0.4 is 5.32 Å². The number of carbonyl (C=O) groups excluding carboxylic acids is 1. The molecule has 0 spiro atoms. The highest BCUT2D eigenvalue weighted by Crippen LogP contribution is 2.35. The molecule has 2 atom stereocenters. The fraction of sp³-hybridized carbons (Fsp3) is 0.308. The van der Waals surface area contributed by atoms with Gasteiger partial charge in [-0.2, -0.15) is 0 Å². The quantitative estimate of drug-likeness (QED) is 0.562. The van der Waals surface area contributed by atoms with Crippen LogP contribution in [0.3, 0.4) is 0 Å². The number of hydrogen-bond acceptors (Lipinski definition) is 5. The molecule has 3 heterocycles. The maximum Gasteiger partial charge on any atom is 0.226 e. The summed E-state index contributed by atoms with van der Waals surface area (Å²) in [4.78, 5) is 29.3. The molecule has 162 valence electrons. The molecule has 3 aromatic rings. The van der Waals surface area contributed by atoms with Gasteiger partial charge >= 0.3 is 0 Å². The number of para-hydroxylation sites is 1. The van der Waals surface area contributed by atoms with Crippen molar-refractivity contribution in [3.8, 4) is 11.3 Å². The van der Waals surface area contributed by atoms with Crippen LogP contribution in [-0.4, -0.2) is 32.3 Å². The lowest BCUT2D eigenvalue weighted by Crippen LogP contribution is -2.36. The number of likely N-dealkylation sites (tertiary alicyclic amines) is 1. The largest absolute Gasteiger partial charge is 0.340 e. The van der Waals surface area contributed by atoms with E-state index < -0.39 is 0 Å². The minimum absolute atomic E-state index is 0.0749. The molecule has 5 rings (SSSR count). The SMILES string of the molecule is O=C([C@H]1CC=CCC1)N1CCC[C@H]1c1nc(Nc2ccccc2)cc(-c2ccncc2)n1. The molecule has 0 unspecified atom stereocenters. The molecule has 1 aliphatic carbocycles. The molecule has 2 aliphatic rings. The number of aromatic nitrogens is 3. The smallest absolute Gasteiger partial charge is 0.226 e. The predicted octanol–water partition coefficient (Wildman–Crippen LogP) is 5.30. The van der Waals surface area contributed by atoms with Gasteiger partial charge in [0.05, 0.1) is 11.7 Å². The minimum atomic E-state index is -0.0912. The summed E-state index contributed by atoms with van der Waals surface area (Å²) >= 11 is 0. The van der Waals surface area contributed by atoms with Crippen LogP contribution in [0.25, 0.3) is 11.3 Å². The second-order valence-electron chi connectivity index (χ2n) is 8.39. The second-order valence-corrected chi connectivity index (χ2v) is 8.39. The molecule has 1 N–H and O–H groups in total. The van der Waals surface area contributed by atoms with E-state index in [-0.39, 0.29) is 17.9 Å². The van der Waals surface area contributed by atoms with E-state index in [0.717, 1.165) is 61.4 Å². The summed E-state index contributed by atoms with van der Waals surface area (Å²) in [6.45, 7) is 0.772. The van der Waals surface area contributed by atoms with Crippen LogP contribution in [0.2, 0.25) is 0 Å². The first-order chi connectivity index (χ1) is 15.8. The van der Waals surface area contributed by atoms with Gasteiger partial charge in [0.25, 0.3) is 0 Å². The highest BCUT2D eigenvalue weighted by molar-refractivity contribution is 5.80. The van der Waals surface area contributed by atoms with Crippen LogP contribution in [0.15, 0.2) is 73.1 Å². The standard InChI is InChI=1S/C26H27N5O/c32-26(20-8-3-1-4-9-20)31-17-7-12-23(31)25-29-22(19-13-15-27-16-14-19)18-24(30-25)28-21-10-5-2-6-11-21/h1-3,5-6,10-11,13-16,18,20,23H,4,7-9,12,17H2,(H,28,29,30)/t20-,23-/m0/s1. The fourth-order valence-corrected chi connectivity index (χ4v) is 4.57. The van der Waals surface area contributed by atoms with E-state index in [1.54, 1.807) is 12.4 Å². The lowest BCUT2D eigenvalue weighted by atomic mass is 9.93. The zero-order valence-corrected chi connectivity index (χ0v) is 18.0. The van der Waals surface area contributed by atoms with E-state index in [1.807, 2.05) is 53.4 Å². The van der Waals surface area contributed by atoms with Crippen LogP contribution in [0.5, 0.6) is 0 Å². The van der Waals surface area contributed by atoms with Gasteiger partial charge in [0.1, 0.15) is 5.82 Å². The molecule has 2 aromatic heterocycles. The maximum atomic E-state index is 13.3. The number of carbonyl (C=O) groups is 1. The van der Waals surface area contributed by atoms with Crippen molar-refractivity contribution in [2.75, 3.05) is 11.9 Å². The maximum absolute atomic E-state index is 13.3. The molecular weight excluding hydrogens is 398 g/mol. The van der Waals surface area contributed by atoms with Gasteiger partial charge < -0.3 is 10.2 Å². The summed E-state index contributed by atoms with van der Waals surface area (Å²) in [7, 11) is 0. The van der Waals surface area contributed by atoms with E-state index in [9.17, 15) is 4.79 Å². The van der Waals surface area contributed by atoms with Crippen molar-refractivity contribution in [1.29, 1.82) is 0 Å². The summed E-state index contributed by atoms with van der Waals surface area (Å²) in [6.07, 6.45) is 12.5. The number of amides is 1. The first-order valence-electron chi connectivity index (χ1n) is 11.3. The Hall–Kier alpha value is -3.54. The Bertz CT molecular complexity index is 1100. The second kappa shape index (κ2) is 9.30. The molecule has 1 amide bonds. The number of nitrogens with one attached hydrogen (secondary N) is 1. The number of rotatable bonds is 5. The summed E-state index contributed by atoms with van der Waals surface area (Å²) in [5.74, 6) is 1.75. The van der Waals surface area contributed by atoms with Gasteiger partial charge in [-0.25, -0.2) is 9.97 Å². The summed E-state index contributed by atoms with van der Waals surface area (Å²) < 4.78 is 0. The van der Waals surface area contributed by atoms with E-state index in [0.29, 0.717) is 5.82 Å². The minimum Gasteiger partial charge on any atom is -0.340 e. The van der Waals surface area contributed by atoms with E-state index in [1.165, 1.54) is 0 Å². The van der Waals surface area contributed by atoms with Gasteiger partial charge in [-0.1, -0.05) is 30.4 Å². The predicted molar refractivity (Wildman–Crippen MR) is 125 cm³/mol. The van der Waals surface area contributed by atoms with Crippen molar-refractivity contribution >= 4 is 17.4 Å². The highest BCUT2D eigenvalue weighted by atomic mass is 16.2. The zero-order valence-electron chi connectivity index (χ0n) is 18.0. The third-order valence-electron chi connectivity index (χ3n) is 6.22. The highest BCUT2D eigenvalue weighted by Gasteiger charge is 2.35. The van der Waals surface area contributed by atoms with Crippen LogP contribution in [0.1, 0.15) is 44.0 Å². The fourth-order valence-electron chi connectivity index (χ4n) is 4.57. The van der Waals surface area contributed by atoms with Crippen molar-refractivity contribution in [2.45, 2.75) is 38.1 Å². The van der Waals surface area contributed by atoms with Crippen molar-refractivity contribution in [3.63, 3.8) is 0 Å². The molecule has 0 saturated carbocycles. The first-order valence-corrected chi connectivity index (χ1v) is 11.3. The van der Waals surface area contributed by atoms with Crippen molar-refractivity contribution in [1.82, 2.24) is 19.9 Å². The number of anilines is 2. The van der Waals surface area contributed by atoms with Gasteiger partial charge in [0.15, 0.2) is 5.82 Å². The van der Waals surface area contributed by atoms with Gasteiger partial charge in [-0.05, 0) is 56.4 Å². The Morgan fingerprint density at radius 1 is 1.00 bits per heavy atom. The van der Waals surface area contributed by atoms with Gasteiger partial charge in [0, 0.05) is 42.2 Å². The number of allylic oxidation sites excluding steroid dienone is 2. The van der Waals surface area contributed by atoms with E-state index >= 15 is 0 Å². The Kier molecular flexibility index (Phi) is 5.92. The Morgan fingerprint density at radius 3 is 2.62 bits per heavy atom. The normalized spacial score (nSPS) is 20.3. The Labute approximate surface area is 188 Å². The van der Waals surface area contributed by atoms with Crippen molar-refractivity contribution in [2.24, 2.45) is 5.92 Å². The first kappa shape index (κ1) is 20.4. The summed E-state index contributed by atoms with van der Waals surface area (Å²) in [5.41, 5.74) is 2.77. The molecule has 6 heteroatoms. The number of benzene rings is 1. The van der Waals surface area contributed by atoms with Gasteiger partial charge in [-0.15, -0.1) is 0 Å². The average Bonchev–Trinajstić information content (AvgIpc) is 3.35. The van der Waals surface area contributed by atoms with Crippen LogP contribution in [-0.2, 0) is 4.79 Å². The molecule has 0 radical (unpaired) electrons. The van der Waals surface area contributed by atoms with Gasteiger partial charge in [-0.3, -0.25) is 9.78 Å². The van der Waals surface area contributed by atoms with E-state index in [4.69, 9.17) is 9.97 Å². The van der Waals surface area contributed by atoms with Crippen LogP contribution in [0.4, 0.5) is 11.5 Å².